The first kappa shape index (κ1) is 113. The maximum atomic E-state index is 12.9. The van der Waals surface area contributed by atoms with Crippen molar-refractivity contribution < 1.29 is 63.7 Å². The molecular formula is C121H173ClO13. The highest BCUT2D eigenvalue weighted by atomic mass is 35.5. The topological polar surface area (TPSA) is 206 Å². The van der Waals surface area contributed by atoms with Gasteiger partial charge in [-0.15, -0.1) is 0 Å². The smallest absolute Gasteiger partial charge is 0.317 e. The second kappa shape index (κ2) is 54.3. The molecule has 1 saturated heterocycles. The van der Waals surface area contributed by atoms with E-state index in [9.17, 15) is 19.2 Å². The molecule has 6 bridgehead atoms. The van der Waals surface area contributed by atoms with Gasteiger partial charge in [0.25, 0.3) is 0 Å². The van der Waals surface area contributed by atoms with Gasteiger partial charge in [0.2, 0.25) is 0 Å². The number of hydrogen-bond acceptors (Lipinski definition) is 13. The van der Waals surface area contributed by atoms with Gasteiger partial charge in [0.1, 0.15) is 52.3 Å². The molecule has 9 aliphatic rings. The summed E-state index contributed by atoms with van der Waals surface area (Å²) < 4.78 is 22.7. The first-order chi connectivity index (χ1) is 64.0. The number of ether oxygens (including phenoxy) is 4. The maximum absolute atomic E-state index is 12.9. The van der Waals surface area contributed by atoms with Gasteiger partial charge in [-0.3, -0.25) is 19.2 Å². The number of hydrogen-bond donors (Lipinski definition) is 5. The minimum absolute atomic E-state index is 0.0458. The van der Waals surface area contributed by atoms with Crippen molar-refractivity contribution in [3.8, 4) is 34.5 Å². The highest BCUT2D eigenvalue weighted by Crippen LogP contribution is 2.61. The van der Waals surface area contributed by atoms with Crippen LogP contribution in [0.15, 0.2) is 194 Å². The predicted octanol–water partition coefficient (Wildman–Crippen LogP) is 32.9. The van der Waals surface area contributed by atoms with Crippen molar-refractivity contribution in [3.63, 3.8) is 0 Å². The fourth-order valence-corrected chi connectivity index (χ4v) is 19.9. The van der Waals surface area contributed by atoms with Crippen molar-refractivity contribution in [2.75, 3.05) is 0 Å². The number of esters is 4. The van der Waals surface area contributed by atoms with Crippen LogP contribution >= 0.6 is 11.6 Å². The van der Waals surface area contributed by atoms with Gasteiger partial charge >= 0.3 is 23.9 Å². The third-order valence-corrected chi connectivity index (χ3v) is 31.8. The van der Waals surface area contributed by atoms with Crippen LogP contribution in [0.2, 0.25) is 5.02 Å². The van der Waals surface area contributed by atoms with Gasteiger partial charge in [-0.05, 0) is 382 Å². The zero-order valence-electron chi connectivity index (χ0n) is 87.0. The Kier molecular flexibility index (Phi) is 45.4. The van der Waals surface area contributed by atoms with Crippen LogP contribution in [0.1, 0.15) is 405 Å². The van der Waals surface area contributed by atoms with Crippen molar-refractivity contribution in [1.29, 1.82) is 0 Å². The lowest BCUT2D eigenvalue weighted by Gasteiger charge is -2.55. The molecule has 0 spiro atoms. The van der Waals surface area contributed by atoms with E-state index in [1.54, 1.807) is 65.7 Å². The average molecular weight is 1870 g/mol. The summed E-state index contributed by atoms with van der Waals surface area (Å²) >= 11 is 5.76. The normalized spacial score (nSPS) is 22.7. The Labute approximate surface area is 820 Å². The molecular weight excluding hydrogens is 1700 g/mol. The van der Waals surface area contributed by atoms with Gasteiger partial charge in [-0.2, -0.15) is 0 Å². The van der Waals surface area contributed by atoms with Crippen molar-refractivity contribution in [1.82, 2.24) is 0 Å². The van der Waals surface area contributed by atoms with Gasteiger partial charge in [-0.25, -0.2) is 0 Å². The van der Waals surface area contributed by atoms with Crippen molar-refractivity contribution in [3.05, 3.63) is 249 Å². The first-order valence-electron chi connectivity index (χ1n) is 51.8. The first-order valence-corrected chi connectivity index (χ1v) is 52.1. The molecule has 17 rings (SSSR count). The lowest BCUT2D eigenvalue weighted by atomic mass is 9.49. The zero-order chi connectivity index (χ0) is 99.7. The van der Waals surface area contributed by atoms with Crippen LogP contribution in [0.25, 0.3) is 0 Å². The molecule has 1 heterocycles. The number of phenolic OH excluding ortho intramolecular Hbond substituents is 5. The lowest BCUT2D eigenvalue weighted by Crippen LogP contribution is -2.51. The molecule has 0 amide bonds. The molecule has 8 fully saturated rings. The summed E-state index contributed by atoms with van der Waals surface area (Å²) in [5, 5.41) is 46.0. The third kappa shape index (κ3) is 33.9. The minimum Gasteiger partial charge on any atom is -0.508 e. The second-order valence-electron chi connectivity index (χ2n) is 42.6. The average Bonchev–Trinajstić information content (AvgIpc) is 0.926. The quantitative estimate of drug-likeness (QED) is 0.0230. The molecule has 5 N–H and O–H groups in total. The molecule has 14 atom stereocenters. The Hall–Kier alpha value is -9.07. The van der Waals surface area contributed by atoms with Crippen LogP contribution in [0.3, 0.4) is 0 Å². The largest absolute Gasteiger partial charge is 0.508 e. The summed E-state index contributed by atoms with van der Waals surface area (Å²) in [6.07, 6.45) is 25.9. The van der Waals surface area contributed by atoms with Gasteiger partial charge < -0.3 is 44.5 Å². The van der Waals surface area contributed by atoms with Crippen LogP contribution in [0.4, 0.5) is 0 Å². The Balaban J connectivity index is 0.000000207. The predicted molar refractivity (Wildman–Crippen MR) is 558 cm³/mol. The Bertz CT molecular complexity index is 4460. The molecule has 742 valence electrons. The molecule has 8 aromatic carbocycles. The number of carbonyl (C=O) groups is 4. The standard InChI is InChI=1S/C21H28O2.C15H28O2.C14H20O4.C11H14.C10H13Cl.5C10H14O/c1-3-14(2)18-4-6-19(7-5-18)23-20(22)21-11-15-8-16(12-21)10-17(9-15)13-21;1-6-14(2,3)13(16)17-15(4,5)12-10-8-7-9-11-12;1-4-14(2,3)13(16)18-10-7-5-8-9(6-7)12(15)17-11(8)10;1-8-7-10-5-3-4-6-11(10)9(8)2;5*1-3-8(2)9-4-6-10(11)7-5-9;1-3-8(2)9-5-4-6-10(11)7-9/h4-7,14-17H,3,8-13H2,1-2H3;12H,6-11H2,1-5H3;7-11H,4-6H2,1-3H3;3-6,8-9H,7H2,1-2H3;4-8H,3H2,1-2H3;5*4-8,11H,3H2,1-2H3. The fraction of sp³-hybridized carbons (Fsp3) is 0.570. The van der Waals surface area contributed by atoms with E-state index in [4.69, 9.17) is 56.1 Å². The molecule has 0 aromatic heterocycles. The Morgan fingerprint density at radius 2 is 0.807 bits per heavy atom. The van der Waals surface area contributed by atoms with Crippen LogP contribution in [0.5, 0.6) is 34.5 Å². The van der Waals surface area contributed by atoms with Gasteiger partial charge in [0.15, 0.2) is 0 Å². The molecule has 8 aromatic rings. The van der Waals surface area contributed by atoms with E-state index >= 15 is 0 Å². The van der Waals surface area contributed by atoms with Gasteiger partial charge in [-0.1, -0.05) is 265 Å². The lowest BCUT2D eigenvalue weighted by molar-refractivity contribution is -0.174. The summed E-state index contributed by atoms with van der Waals surface area (Å²) in [6.45, 7) is 51.1. The number of benzene rings is 8. The Morgan fingerprint density at radius 3 is 1.19 bits per heavy atom. The minimum atomic E-state index is -0.455. The number of halogens is 1. The summed E-state index contributed by atoms with van der Waals surface area (Å²) in [7, 11) is 0. The number of phenols is 5. The molecule has 13 nitrogen and oxygen atoms in total. The van der Waals surface area contributed by atoms with E-state index in [0.717, 1.165) is 124 Å². The van der Waals surface area contributed by atoms with Crippen molar-refractivity contribution in [2.24, 2.45) is 63.6 Å². The monoisotopic (exact) mass is 1870 g/mol. The SMILES string of the molecule is CC1Cc2ccccc2C1C.CCC(C)(C)C(=O)OC(C)(C)C1CCCCC1.CCC(C)(C)C(=O)OC1C2CC3C(=O)OC1C3C2.CCC(C)c1ccc(Cl)cc1.CCC(C)c1ccc(O)cc1.CCC(C)c1ccc(O)cc1.CCC(C)c1ccc(O)cc1.CCC(C)c1ccc(O)cc1.CCC(C)c1ccc(OC(=O)C23CC4CC(CC(C4)C2)C3)cc1.CCC(C)c1cccc(O)c1. The number of aromatic hydroxyl groups is 5. The maximum Gasteiger partial charge on any atom is 0.317 e. The summed E-state index contributed by atoms with van der Waals surface area (Å²) in [5.74, 6) is 11.5. The number of carbonyl (C=O) groups excluding carboxylic acids is 4. The van der Waals surface area contributed by atoms with Crippen LogP contribution in [-0.2, 0) is 39.8 Å². The van der Waals surface area contributed by atoms with Crippen molar-refractivity contribution >= 4 is 35.5 Å². The highest BCUT2D eigenvalue weighted by Gasteiger charge is 2.64. The van der Waals surface area contributed by atoms with Crippen molar-refractivity contribution in [2.45, 2.75) is 379 Å². The number of fused-ring (bicyclic) bond motifs is 2. The van der Waals surface area contributed by atoms with E-state index in [2.05, 4.69) is 173 Å². The van der Waals surface area contributed by atoms with Crippen LogP contribution in [0, 0.1) is 63.6 Å². The molecule has 14 heteroatoms. The van der Waals surface area contributed by atoms with E-state index in [1.165, 1.54) is 103 Å². The molecule has 0 radical (unpaired) electrons. The van der Waals surface area contributed by atoms with Gasteiger partial charge in [0, 0.05) is 16.9 Å². The highest BCUT2D eigenvalue weighted by molar-refractivity contribution is 6.30. The molecule has 8 aliphatic carbocycles. The van der Waals surface area contributed by atoms with E-state index in [0.29, 0.717) is 87.9 Å². The summed E-state index contributed by atoms with van der Waals surface area (Å²) in [6, 6.07) is 62.2. The number of rotatable bonds is 23. The van der Waals surface area contributed by atoms with E-state index < -0.39 is 5.41 Å². The van der Waals surface area contributed by atoms with E-state index in [1.807, 2.05) is 133 Å². The van der Waals surface area contributed by atoms with Crippen LogP contribution < -0.4 is 4.74 Å². The molecule has 135 heavy (non-hydrogen) atoms. The second-order valence-corrected chi connectivity index (χ2v) is 43.0. The Morgan fingerprint density at radius 1 is 0.437 bits per heavy atom. The molecule has 1 aliphatic heterocycles. The van der Waals surface area contributed by atoms with E-state index in [-0.39, 0.29) is 58.4 Å². The third-order valence-electron chi connectivity index (χ3n) is 31.6. The summed E-state index contributed by atoms with van der Waals surface area (Å²) in [4.78, 5) is 48.8. The summed E-state index contributed by atoms with van der Waals surface area (Å²) in [5.41, 5.74) is 11.0. The van der Waals surface area contributed by atoms with Gasteiger partial charge in [0.05, 0.1) is 22.2 Å². The van der Waals surface area contributed by atoms with Crippen LogP contribution in [-0.4, -0.2) is 67.2 Å². The zero-order valence-corrected chi connectivity index (χ0v) is 87.8. The molecule has 7 saturated carbocycles. The molecule has 14 unspecified atom stereocenters. The fourth-order valence-electron chi connectivity index (χ4n) is 19.8.